The number of aromatic hydroxyl groups is 1. The van der Waals surface area contributed by atoms with Crippen LogP contribution in [0, 0.1) is 10.1 Å². The van der Waals surface area contributed by atoms with Crippen LogP contribution < -0.4 is 4.74 Å². The van der Waals surface area contributed by atoms with E-state index in [-0.39, 0.29) is 17.7 Å². The van der Waals surface area contributed by atoms with E-state index in [1.165, 1.54) is 30.2 Å². The molecule has 2 aromatic carbocycles. The molecule has 2 N–H and O–H groups in total. The van der Waals surface area contributed by atoms with Gasteiger partial charge >= 0.3 is 5.69 Å². The molecule has 9 nitrogen and oxygen atoms in total. The topological polar surface area (TPSA) is 130 Å². The monoisotopic (exact) mass is 412 g/mol. The Labute approximate surface area is 172 Å². The van der Waals surface area contributed by atoms with Crippen molar-refractivity contribution in [2.45, 2.75) is 19.4 Å². The fourth-order valence-corrected chi connectivity index (χ4v) is 3.46. The Hall–Kier alpha value is -3.88. The molecule has 0 saturated carbocycles. The standard InChI is InChI=1S/C21H20N2O7/c1-3-10-22-18(13-6-9-16(24)15(11-13)23(28)29)17(20(26)21(22)27)19(25)12-4-7-14(30-2)8-5-12/h4-9,11,18,24-25H,3,10H2,1-2H3/b19-17-. The lowest BCUT2D eigenvalue weighted by molar-refractivity contribution is -0.385. The van der Waals surface area contributed by atoms with Crippen LogP contribution in [0.1, 0.15) is 30.5 Å². The number of ether oxygens (including phenoxy) is 1. The van der Waals surface area contributed by atoms with Gasteiger partial charge in [-0.05, 0) is 42.3 Å². The highest BCUT2D eigenvalue weighted by Crippen LogP contribution is 2.41. The van der Waals surface area contributed by atoms with Crippen molar-refractivity contribution in [3.05, 3.63) is 69.3 Å². The number of nitrogens with zero attached hydrogens (tertiary/aromatic N) is 2. The van der Waals surface area contributed by atoms with E-state index in [1.54, 1.807) is 12.1 Å². The number of Topliss-reactive ketones (excluding diaryl/α,β-unsaturated/α-hetero) is 1. The number of methoxy groups -OCH3 is 1. The first-order valence-corrected chi connectivity index (χ1v) is 9.20. The van der Waals surface area contributed by atoms with E-state index in [4.69, 9.17) is 4.74 Å². The van der Waals surface area contributed by atoms with Crippen molar-refractivity contribution in [1.29, 1.82) is 0 Å². The van der Waals surface area contributed by atoms with Gasteiger partial charge in [0.05, 0.1) is 23.6 Å². The molecule has 1 amide bonds. The number of phenolic OH excluding ortho intramolecular Hbond substituents is 1. The lowest BCUT2D eigenvalue weighted by atomic mass is 9.94. The van der Waals surface area contributed by atoms with E-state index in [0.717, 1.165) is 12.1 Å². The highest BCUT2D eigenvalue weighted by Gasteiger charge is 2.46. The zero-order valence-corrected chi connectivity index (χ0v) is 16.4. The average molecular weight is 412 g/mol. The second-order valence-corrected chi connectivity index (χ2v) is 6.73. The molecule has 3 rings (SSSR count). The Balaban J connectivity index is 2.21. The molecule has 1 atom stereocenters. The number of hydrogen-bond acceptors (Lipinski definition) is 7. The van der Waals surface area contributed by atoms with Crippen LogP contribution in [0.5, 0.6) is 11.5 Å². The maximum absolute atomic E-state index is 12.8. The summed E-state index contributed by atoms with van der Waals surface area (Å²) in [6, 6.07) is 8.88. The fourth-order valence-electron chi connectivity index (χ4n) is 3.46. The number of rotatable bonds is 6. The molecular formula is C21H20N2O7. The summed E-state index contributed by atoms with van der Waals surface area (Å²) in [4.78, 5) is 37.2. The molecule has 0 aromatic heterocycles. The van der Waals surface area contributed by atoms with E-state index in [0.29, 0.717) is 17.7 Å². The zero-order valence-electron chi connectivity index (χ0n) is 16.4. The fraction of sp³-hybridized carbons (Fsp3) is 0.238. The van der Waals surface area contributed by atoms with Gasteiger partial charge in [0.2, 0.25) is 0 Å². The molecule has 1 aliphatic heterocycles. The number of aliphatic hydroxyl groups is 1. The number of nitro benzene ring substituents is 1. The number of likely N-dealkylation sites (tertiary alicyclic amines) is 1. The number of nitro groups is 1. The molecule has 2 aromatic rings. The molecule has 0 radical (unpaired) electrons. The number of benzene rings is 2. The van der Waals surface area contributed by atoms with Crippen molar-refractivity contribution in [2.75, 3.05) is 13.7 Å². The number of carbonyl (C=O) groups is 2. The smallest absolute Gasteiger partial charge is 0.311 e. The highest BCUT2D eigenvalue weighted by molar-refractivity contribution is 6.46. The third-order valence-corrected chi connectivity index (χ3v) is 4.88. The number of phenols is 1. The average Bonchev–Trinajstić information content (AvgIpc) is 2.99. The number of hydrogen-bond donors (Lipinski definition) is 2. The minimum absolute atomic E-state index is 0.168. The molecule has 1 fully saturated rings. The van der Waals surface area contributed by atoms with Gasteiger partial charge in [-0.3, -0.25) is 19.7 Å². The van der Waals surface area contributed by atoms with Gasteiger partial charge in [-0.15, -0.1) is 0 Å². The lowest BCUT2D eigenvalue weighted by Gasteiger charge is -2.24. The quantitative estimate of drug-likeness (QED) is 0.245. The molecule has 1 aliphatic rings. The summed E-state index contributed by atoms with van der Waals surface area (Å²) in [6.45, 7) is 2.03. The van der Waals surface area contributed by atoms with Crippen molar-refractivity contribution >= 4 is 23.1 Å². The van der Waals surface area contributed by atoms with Crippen molar-refractivity contribution in [3.63, 3.8) is 0 Å². The molecule has 1 saturated heterocycles. The molecule has 156 valence electrons. The number of ketones is 1. The summed E-state index contributed by atoms with van der Waals surface area (Å²) in [5, 5.41) is 31.9. The van der Waals surface area contributed by atoms with E-state index < -0.39 is 39.9 Å². The molecule has 9 heteroatoms. The van der Waals surface area contributed by atoms with Gasteiger partial charge in [-0.1, -0.05) is 13.0 Å². The minimum Gasteiger partial charge on any atom is -0.507 e. The van der Waals surface area contributed by atoms with E-state index in [9.17, 15) is 29.9 Å². The maximum atomic E-state index is 12.8. The third kappa shape index (κ3) is 3.57. The van der Waals surface area contributed by atoms with Crippen molar-refractivity contribution in [2.24, 2.45) is 0 Å². The molecule has 30 heavy (non-hydrogen) atoms. The van der Waals surface area contributed by atoms with Crippen LogP contribution in [-0.4, -0.2) is 45.4 Å². The van der Waals surface area contributed by atoms with Gasteiger partial charge in [-0.2, -0.15) is 0 Å². The minimum atomic E-state index is -1.02. The van der Waals surface area contributed by atoms with Crippen LogP contribution in [0.2, 0.25) is 0 Å². The predicted octanol–water partition coefficient (Wildman–Crippen LogP) is 3.14. The summed E-state index contributed by atoms with van der Waals surface area (Å²) in [5.41, 5.74) is -0.191. The molecule has 1 heterocycles. The molecule has 0 bridgehead atoms. The number of amides is 1. The first kappa shape index (κ1) is 20.8. The largest absolute Gasteiger partial charge is 0.507 e. The van der Waals surface area contributed by atoms with Crippen LogP contribution in [0.25, 0.3) is 5.76 Å². The predicted molar refractivity (Wildman–Crippen MR) is 107 cm³/mol. The van der Waals surface area contributed by atoms with E-state index in [2.05, 4.69) is 0 Å². The second-order valence-electron chi connectivity index (χ2n) is 6.73. The van der Waals surface area contributed by atoms with Gasteiger partial charge < -0.3 is 19.8 Å². The molecular weight excluding hydrogens is 392 g/mol. The summed E-state index contributed by atoms with van der Waals surface area (Å²) >= 11 is 0. The Morgan fingerprint density at radius 2 is 1.87 bits per heavy atom. The normalized spacial score (nSPS) is 17.9. The van der Waals surface area contributed by atoms with Crippen molar-refractivity contribution in [1.82, 2.24) is 4.90 Å². The molecule has 0 spiro atoms. The SMILES string of the molecule is CCCN1C(=O)C(=O)/C(=C(\O)c2ccc(OC)cc2)C1c1ccc(O)c([N+](=O)[O-])c1. The Morgan fingerprint density at radius 1 is 1.20 bits per heavy atom. The van der Waals surface area contributed by atoms with Gasteiger partial charge in [0.15, 0.2) is 5.75 Å². The van der Waals surface area contributed by atoms with Crippen LogP contribution in [-0.2, 0) is 9.59 Å². The van der Waals surface area contributed by atoms with Crippen molar-refractivity contribution in [3.8, 4) is 11.5 Å². The van der Waals surface area contributed by atoms with Crippen LogP contribution in [0.3, 0.4) is 0 Å². The highest BCUT2D eigenvalue weighted by atomic mass is 16.6. The molecule has 1 unspecified atom stereocenters. The van der Waals surface area contributed by atoms with Gasteiger partial charge in [0.1, 0.15) is 11.5 Å². The summed E-state index contributed by atoms with van der Waals surface area (Å²) < 4.78 is 5.08. The molecule has 0 aliphatic carbocycles. The maximum Gasteiger partial charge on any atom is 0.311 e. The van der Waals surface area contributed by atoms with Crippen LogP contribution in [0.15, 0.2) is 48.0 Å². The Bertz CT molecular complexity index is 1040. The Morgan fingerprint density at radius 3 is 2.43 bits per heavy atom. The van der Waals surface area contributed by atoms with E-state index >= 15 is 0 Å². The van der Waals surface area contributed by atoms with Gasteiger partial charge in [0, 0.05) is 18.2 Å². The van der Waals surface area contributed by atoms with E-state index in [1.807, 2.05) is 6.92 Å². The summed E-state index contributed by atoms with van der Waals surface area (Å²) in [6.07, 6.45) is 0.534. The van der Waals surface area contributed by atoms with Gasteiger partial charge in [-0.25, -0.2) is 0 Å². The van der Waals surface area contributed by atoms with Crippen molar-refractivity contribution < 1.29 is 29.5 Å². The first-order chi connectivity index (χ1) is 14.3. The second kappa shape index (κ2) is 8.24. The summed E-state index contributed by atoms with van der Waals surface area (Å²) in [5.74, 6) is -2.06. The zero-order chi connectivity index (χ0) is 22.0. The lowest BCUT2D eigenvalue weighted by Crippen LogP contribution is -2.30. The summed E-state index contributed by atoms with van der Waals surface area (Å²) in [7, 11) is 1.49. The van der Waals surface area contributed by atoms with Crippen LogP contribution in [0.4, 0.5) is 5.69 Å². The number of aliphatic hydroxyl groups excluding tert-OH is 1. The number of carbonyl (C=O) groups excluding carboxylic acids is 2. The van der Waals surface area contributed by atoms with Crippen LogP contribution >= 0.6 is 0 Å². The Kier molecular flexibility index (Phi) is 5.72. The van der Waals surface area contributed by atoms with Gasteiger partial charge in [0.25, 0.3) is 11.7 Å². The first-order valence-electron chi connectivity index (χ1n) is 9.20. The third-order valence-electron chi connectivity index (χ3n) is 4.88.